The van der Waals surface area contributed by atoms with Crippen LogP contribution in [0.4, 0.5) is 13.2 Å². The van der Waals surface area contributed by atoms with Crippen LogP contribution in [0.15, 0.2) is 12.1 Å². The predicted octanol–water partition coefficient (Wildman–Crippen LogP) is 2.88. The van der Waals surface area contributed by atoms with Crippen LogP contribution in [0.3, 0.4) is 0 Å². The number of rotatable bonds is 5. The summed E-state index contributed by atoms with van der Waals surface area (Å²) < 4.78 is 41.4. The van der Waals surface area contributed by atoms with Gasteiger partial charge >= 0.3 is 12.1 Å². The van der Waals surface area contributed by atoms with Gasteiger partial charge in [-0.2, -0.15) is 13.2 Å². The maximum absolute atomic E-state index is 12.2. The highest BCUT2D eigenvalue weighted by atomic mass is 32.1. The first-order chi connectivity index (χ1) is 9.18. The van der Waals surface area contributed by atoms with Crippen molar-refractivity contribution in [1.82, 2.24) is 0 Å². The molecule has 0 N–H and O–H groups in total. The number of halogens is 3. The molecule has 0 aliphatic rings. The van der Waals surface area contributed by atoms with Gasteiger partial charge in [-0.1, -0.05) is 0 Å². The summed E-state index contributed by atoms with van der Waals surface area (Å²) >= 11 is 0.702. The molecule has 1 atom stereocenters. The molecule has 0 aromatic carbocycles. The van der Waals surface area contributed by atoms with Gasteiger partial charge in [-0.15, -0.1) is 11.3 Å². The first-order valence-electron chi connectivity index (χ1n) is 5.60. The Balaban J connectivity index is 2.88. The van der Waals surface area contributed by atoms with Gasteiger partial charge in [0.2, 0.25) is 5.78 Å². The monoisotopic (exact) mass is 308 g/mol. The van der Waals surface area contributed by atoms with Crippen molar-refractivity contribution in [3.63, 3.8) is 0 Å². The summed E-state index contributed by atoms with van der Waals surface area (Å²) in [6, 6.07) is 2.49. The van der Waals surface area contributed by atoms with E-state index in [0.717, 1.165) is 6.92 Å². The van der Waals surface area contributed by atoms with E-state index in [0.29, 0.717) is 11.3 Å². The normalized spacial score (nSPS) is 12.8. The molecule has 1 aromatic heterocycles. The first kappa shape index (κ1) is 16.4. The second-order valence-electron chi connectivity index (χ2n) is 3.83. The summed E-state index contributed by atoms with van der Waals surface area (Å²) in [5.74, 6) is -5.56. The highest BCUT2D eigenvalue weighted by molar-refractivity contribution is 7.16. The van der Waals surface area contributed by atoms with E-state index in [4.69, 9.17) is 4.74 Å². The van der Waals surface area contributed by atoms with E-state index >= 15 is 0 Å². The molecule has 0 unspecified atom stereocenters. The maximum Gasteiger partial charge on any atom is 0.450 e. The summed E-state index contributed by atoms with van der Waals surface area (Å²) in [5, 5.41) is 0. The van der Waals surface area contributed by atoms with E-state index in [2.05, 4.69) is 0 Å². The Hall–Kier alpha value is -1.70. The van der Waals surface area contributed by atoms with Gasteiger partial charge in [0.15, 0.2) is 5.78 Å². The summed E-state index contributed by atoms with van der Waals surface area (Å²) in [6.45, 7) is 2.63. The van der Waals surface area contributed by atoms with Crippen LogP contribution in [0.25, 0.3) is 0 Å². The number of ketones is 2. The minimum atomic E-state index is -5.06. The van der Waals surface area contributed by atoms with Crippen LogP contribution >= 0.6 is 11.3 Å². The van der Waals surface area contributed by atoms with Crippen LogP contribution in [-0.2, 0) is 9.53 Å². The molecule has 0 saturated heterocycles. The second kappa shape index (κ2) is 6.17. The van der Waals surface area contributed by atoms with E-state index < -0.39 is 29.6 Å². The zero-order chi connectivity index (χ0) is 15.5. The fourth-order valence-electron chi connectivity index (χ4n) is 1.36. The molecule has 1 heterocycles. The Bertz CT molecular complexity index is 533. The Morgan fingerprint density at radius 1 is 1.25 bits per heavy atom. The molecule has 0 spiro atoms. The second-order valence-corrected chi connectivity index (χ2v) is 4.92. The van der Waals surface area contributed by atoms with Crippen molar-refractivity contribution in [2.75, 3.05) is 6.61 Å². The highest BCUT2D eigenvalue weighted by Gasteiger charge is 2.44. The Morgan fingerprint density at radius 3 is 2.30 bits per heavy atom. The zero-order valence-electron chi connectivity index (χ0n) is 10.6. The molecule has 110 valence electrons. The van der Waals surface area contributed by atoms with Gasteiger partial charge in [0.25, 0.3) is 0 Å². The number of esters is 1. The van der Waals surface area contributed by atoms with Crippen LogP contribution in [-0.4, -0.2) is 30.3 Å². The Kier molecular flexibility index (Phi) is 5.04. The average Bonchev–Trinajstić information content (AvgIpc) is 2.84. The first-order valence-corrected chi connectivity index (χ1v) is 6.42. The average molecular weight is 308 g/mol. The molecule has 0 saturated carbocycles. The molecule has 20 heavy (non-hydrogen) atoms. The number of alkyl halides is 3. The van der Waals surface area contributed by atoms with E-state index in [-0.39, 0.29) is 16.4 Å². The van der Waals surface area contributed by atoms with Crippen LogP contribution in [0.1, 0.15) is 33.2 Å². The lowest BCUT2D eigenvalue weighted by Gasteiger charge is -2.10. The quantitative estimate of drug-likeness (QED) is 0.477. The summed E-state index contributed by atoms with van der Waals surface area (Å²) in [7, 11) is 0. The minimum Gasteiger partial charge on any atom is -0.462 e. The van der Waals surface area contributed by atoms with Gasteiger partial charge in [-0.25, -0.2) is 4.79 Å². The third-order valence-corrected chi connectivity index (χ3v) is 3.47. The van der Waals surface area contributed by atoms with Gasteiger partial charge in [0.1, 0.15) is 4.88 Å². The molecule has 0 aliphatic heterocycles. The van der Waals surface area contributed by atoms with E-state index in [1.165, 1.54) is 12.1 Å². The fraction of sp³-hybridized carbons (Fsp3) is 0.417. The van der Waals surface area contributed by atoms with Crippen molar-refractivity contribution in [1.29, 1.82) is 0 Å². The van der Waals surface area contributed by atoms with Crippen molar-refractivity contribution < 1.29 is 32.3 Å². The van der Waals surface area contributed by atoms with Crippen molar-refractivity contribution in [2.45, 2.75) is 20.0 Å². The molecule has 1 aromatic rings. The van der Waals surface area contributed by atoms with Crippen molar-refractivity contribution in [2.24, 2.45) is 5.92 Å². The lowest BCUT2D eigenvalue weighted by molar-refractivity contribution is -0.173. The Morgan fingerprint density at radius 2 is 1.80 bits per heavy atom. The SMILES string of the molecule is CCOC(=O)c1ccc(C(=O)[C@H](C)C(=O)C(F)(F)F)s1. The molecule has 8 heteroatoms. The van der Waals surface area contributed by atoms with Gasteiger partial charge in [0.05, 0.1) is 17.4 Å². The number of carbonyl (C=O) groups excluding carboxylic acids is 3. The molecular formula is C12H11F3O4S. The fourth-order valence-corrected chi connectivity index (χ4v) is 2.29. The van der Waals surface area contributed by atoms with Crippen LogP contribution in [0.5, 0.6) is 0 Å². The van der Waals surface area contributed by atoms with Crippen LogP contribution in [0, 0.1) is 5.92 Å². The van der Waals surface area contributed by atoms with Gasteiger partial charge in [0, 0.05) is 0 Å². The minimum absolute atomic E-state index is 0.0850. The van der Waals surface area contributed by atoms with Crippen molar-refractivity contribution >= 4 is 28.9 Å². The topological polar surface area (TPSA) is 60.4 Å². The molecule has 1 rings (SSSR count). The number of carbonyl (C=O) groups is 3. The van der Waals surface area contributed by atoms with Gasteiger partial charge in [-0.05, 0) is 26.0 Å². The van der Waals surface area contributed by atoms with E-state index in [1.54, 1.807) is 6.92 Å². The molecular weight excluding hydrogens is 297 g/mol. The van der Waals surface area contributed by atoms with Crippen molar-refractivity contribution in [3.05, 3.63) is 21.9 Å². The zero-order valence-corrected chi connectivity index (χ0v) is 11.4. The van der Waals surface area contributed by atoms with E-state index in [1.807, 2.05) is 0 Å². The molecule has 4 nitrogen and oxygen atoms in total. The van der Waals surface area contributed by atoms with Gasteiger partial charge in [-0.3, -0.25) is 9.59 Å². The third-order valence-electron chi connectivity index (χ3n) is 2.39. The summed E-state index contributed by atoms with van der Waals surface area (Å²) in [5.41, 5.74) is 0. The number of Topliss-reactive ketones (excluding diaryl/α,β-unsaturated/α-hetero) is 2. The molecule has 0 amide bonds. The largest absolute Gasteiger partial charge is 0.462 e. The number of ether oxygens (including phenoxy) is 1. The van der Waals surface area contributed by atoms with Crippen LogP contribution < -0.4 is 0 Å². The molecule has 0 fully saturated rings. The third kappa shape index (κ3) is 3.66. The lowest BCUT2D eigenvalue weighted by atomic mass is 10.00. The lowest BCUT2D eigenvalue weighted by Crippen LogP contribution is -2.33. The summed E-state index contributed by atoms with van der Waals surface area (Å²) in [6.07, 6.45) is -5.06. The number of hydrogen-bond donors (Lipinski definition) is 0. The molecule has 0 radical (unpaired) electrons. The molecule has 0 aliphatic carbocycles. The smallest absolute Gasteiger partial charge is 0.450 e. The van der Waals surface area contributed by atoms with Gasteiger partial charge < -0.3 is 4.74 Å². The standard InChI is InChI=1S/C12H11F3O4S/c1-3-19-11(18)8-5-4-7(20-8)9(16)6(2)10(17)12(13,14)15/h4-6H,3H2,1-2H3/t6-/m0/s1. The number of thiophene rings is 1. The predicted molar refractivity (Wildman–Crippen MR) is 64.8 cm³/mol. The number of hydrogen-bond acceptors (Lipinski definition) is 5. The summed E-state index contributed by atoms with van der Waals surface area (Å²) in [4.78, 5) is 34.1. The highest BCUT2D eigenvalue weighted by Crippen LogP contribution is 2.26. The Labute approximate surface area is 116 Å². The van der Waals surface area contributed by atoms with Crippen molar-refractivity contribution in [3.8, 4) is 0 Å². The molecule has 0 bridgehead atoms. The van der Waals surface area contributed by atoms with Crippen LogP contribution in [0.2, 0.25) is 0 Å². The maximum atomic E-state index is 12.2. The van der Waals surface area contributed by atoms with E-state index in [9.17, 15) is 27.6 Å².